The van der Waals surface area contributed by atoms with Gasteiger partial charge in [-0.1, -0.05) is 68.7 Å². The predicted octanol–water partition coefficient (Wildman–Crippen LogP) is 7.46. The number of anilines is 1. The number of carbonyl (C=O) groups is 1. The average Bonchev–Trinajstić information content (AvgIpc) is 2.96. The Kier molecular flexibility index (Phi) is 9.07. The third-order valence-electron chi connectivity index (χ3n) is 7.17. The predicted molar refractivity (Wildman–Crippen MR) is 152 cm³/mol. The molecule has 1 aliphatic carbocycles. The van der Waals surface area contributed by atoms with Crippen molar-refractivity contribution in [2.24, 2.45) is 5.92 Å². The van der Waals surface area contributed by atoms with Crippen LogP contribution in [0.2, 0.25) is 0 Å². The maximum absolute atomic E-state index is 15.6. The number of esters is 1. The molecule has 0 radical (unpaired) electrons. The van der Waals surface area contributed by atoms with Crippen molar-refractivity contribution in [1.29, 1.82) is 0 Å². The molecule has 0 saturated carbocycles. The number of halogens is 1. The topological polar surface area (TPSA) is 81.7 Å². The molecular formula is C31H34FNO5S. The number of ether oxygens (including phenoxy) is 2. The molecule has 0 bridgehead atoms. The van der Waals surface area contributed by atoms with Crippen LogP contribution >= 0.6 is 0 Å². The van der Waals surface area contributed by atoms with Crippen LogP contribution < -0.4 is 9.46 Å². The zero-order valence-electron chi connectivity index (χ0n) is 22.5. The molecule has 39 heavy (non-hydrogen) atoms. The van der Waals surface area contributed by atoms with Crippen LogP contribution in [0.25, 0.3) is 16.7 Å². The fraction of sp³-hybridized carbons (Fsp3) is 0.323. The fourth-order valence-corrected chi connectivity index (χ4v) is 6.10. The molecule has 0 fully saturated rings. The highest BCUT2D eigenvalue weighted by atomic mass is 32.2. The summed E-state index contributed by atoms with van der Waals surface area (Å²) in [6, 6.07) is 16.0. The van der Waals surface area contributed by atoms with Crippen LogP contribution in [0.15, 0.2) is 71.6 Å². The van der Waals surface area contributed by atoms with Gasteiger partial charge in [-0.15, -0.1) is 0 Å². The highest BCUT2D eigenvalue weighted by Crippen LogP contribution is 2.35. The van der Waals surface area contributed by atoms with Crippen molar-refractivity contribution in [1.82, 2.24) is 0 Å². The van der Waals surface area contributed by atoms with Crippen LogP contribution in [0.3, 0.4) is 0 Å². The molecule has 3 aromatic rings. The molecule has 0 aliphatic heterocycles. The van der Waals surface area contributed by atoms with Crippen LogP contribution in [0.4, 0.5) is 10.1 Å². The van der Waals surface area contributed by atoms with E-state index in [0.717, 1.165) is 24.3 Å². The number of rotatable bonds is 10. The Hall–Kier alpha value is -3.65. The lowest BCUT2D eigenvalue weighted by Gasteiger charge is -2.22. The first kappa shape index (κ1) is 28.4. The number of nitrogens with one attached hydrogen (secondary N) is 1. The van der Waals surface area contributed by atoms with Gasteiger partial charge in [-0.2, -0.15) is 0 Å². The normalized spacial score (nSPS) is 15.4. The smallest absolute Gasteiger partial charge is 0.337 e. The minimum absolute atomic E-state index is 0.0667. The number of benzene rings is 3. The van der Waals surface area contributed by atoms with Gasteiger partial charge in [0.05, 0.1) is 25.5 Å². The second-order valence-corrected chi connectivity index (χ2v) is 11.4. The van der Waals surface area contributed by atoms with Gasteiger partial charge in [0.15, 0.2) is 5.82 Å². The van der Waals surface area contributed by atoms with E-state index in [0.29, 0.717) is 5.56 Å². The Bertz CT molecular complexity index is 1460. The fourth-order valence-electron chi connectivity index (χ4n) is 4.93. The van der Waals surface area contributed by atoms with Gasteiger partial charge in [0.2, 0.25) is 0 Å². The van der Waals surface area contributed by atoms with Crippen molar-refractivity contribution in [2.45, 2.75) is 50.3 Å². The number of sulfonamides is 1. The van der Waals surface area contributed by atoms with Crippen molar-refractivity contribution in [3.05, 3.63) is 83.7 Å². The van der Waals surface area contributed by atoms with Gasteiger partial charge in [0.1, 0.15) is 10.6 Å². The highest BCUT2D eigenvalue weighted by Gasteiger charge is 2.24. The van der Waals surface area contributed by atoms with Gasteiger partial charge in [-0.25, -0.2) is 17.6 Å². The summed E-state index contributed by atoms with van der Waals surface area (Å²) in [4.78, 5) is 11.3. The number of hydrogen-bond acceptors (Lipinski definition) is 5. The molecule has 6 nitrogen and oxygen atoms in total. The Morgan fingerprint density at radius 2 is 1.79 bits per heavy atom. The summed E-state index contributed by atoms with van der Waals surface area (Å²) < 4.78 is 54.3. The van der Waals surface area contributed by atoms with E-state index in [1.54, 1.807) is 6.07 Å². The van der Waals surface area contributed by atoms with Gasteiger partial charge in [-0.05, 0) is 66.1 Å². The van der Waals surface area contributed by atoms with E-state index < -0.39 is 26.7 Å². The summed E-state index contributed by atoms with van der Waals surface area (Å²) >= 11 is 0. The lowest BCUT2D eigenvalue weighted by Crippen LogP contribution is -2.16. The monoisotopic (exact) mass is 551 g/mol. The molecule has 8 heteroatoms. The Balaban J connectivity index is 1.56. The van der Waals surface area contributed by atoms with Crippen molar-refractivity contribution < 1.29 is 27.1 Å². The molecule has 1 atom stereocenters. The van der Waals surface area contributed by atoms with Gasteiger partial charge in [-0.3, -0.25) is 4.72 Å². The minimum Gasteiger partial charge on any atom is -0.495 e. The summed E-state index contributed by atoms with van der Waals surface area (Å²) in [6.45, 7) is 2.22. The third kappa shape index (κ3) is 6.50. The van der Waals surface area contributed by atoms with E-state index in [-0.39, 0.29) is 22.6 Å². The molecule has 1 unspecified atom stereocenters. The maximum Gasteiger partial charge on any atom is 0.337 e. The lowest BCUT2D eigenvalue weighted by molar-refractivity contribution is 0.0600. The standard InChI is InChI=1S/C31H34FNO5S/c1-4-5-7-21-10-12-22(13-11-21)23-14-16-24(17-15-23)26-8-6-9-29(30(26)32)39(35,36)33-27-19-18-25(31(34)38-3)20-28(27)37-2/h6,8-9,12,14-21,33H,4-5,7,10-11,13H2,1-3H3. The maximum atomic E-state index is 15.6. The molecule has 0 spiro atoms. The van der Waals surface area contributed by atoms with Crippen molar-refractivity contribution in [2.75, 3.05) is 18.9 Å². The van der Waals surface area contributed by atoms with Crippen LogP contribution in [0, 0.1) is 11.7 Å². The highest BCUT2D eigenvalue weighted by molar-refractivity contribution is 7.92. The molecule has 0 saturated heterocycles. The Labute approximate surface area is 229 Å². The molecule has 1 aliphatic rings. The van der Waals surface area contributed by atoms with Gasteiger partial charge in [0.25, 0.3) is 10.0 Å². The Morgan fingerprint density at radius 1 is 1.05 bits per heavy atom. The summed E-state index contributed by atoms with van der Waals surface area (Å²) in [6.07, 6.45) is 9.41. The third-order valence-corrected chi connectivity index (χ3v) is 8.55. The van der Waals surface area contributed by atoms with Crippen molar-refractivity contribution >= 4 is 27.3 Å². The van der Waals surface area contributed by atoms with Crippen LogP contribution in [-0.4, -0.2) is 28.6 Å². The van der Waals surface area contributed by atoms with E-state index in [1.807, 2.05) is 24.3 Å². The van der Waals surface area contributed by atoms with Crippen LogP contribution in [0.1, 0.15) is 61.4 Å². The zero-order chi connectivity index (χ0) is 28.0. The second kappa shape index (κ2) is 12.5. The summed E-state index contributed by atoms with van der Waals surface area (Å²) in [5, 5.41) is 0. The number of carbonyl (C=O) groups excluding carboxylic acids is 1. The van der Waals surface area contributed by atoms with Crippen LogP contribution in [0.5, 0.6) is 5.75 Å². The molecule has 4 rings (SSSR count). The molecule has 1 N–H and O–H groups in total. The van der Waals surface area contributed by atoms with E-state index >= 15 is 4.39 Å². The second-order valence-electron chi connectivity index (χ2n) is 9.72. The van der Waals surface area contributed by atoms with Gasteiger partial charge < -0.3 is 9.47 Å². The van der Waals surface area contributed by atoms with Gasteiger partial charge >= 0.3 is 5.97 Å². The van der Waals surface area contributed by atoms with E-state index in [1.165, 1.54) is 75.8 Å². The molecular weight excluding hydrogens is 517 g/mol. The number of methoxy groups -OCH3 is 2. The summed E-state index contributed by atoms with van der Waals surface area (Å²) in [5.74, 6) is -0.588. The first-order chi connectivity index (χ1) is 18.8. The first-order valence-corrected chi connectivity index (χ1v) is 14.6. The lowest BCUT2D eigenvalue weighted by atomic mass is 9.84. The van der Waals surface area contributed by atoms with Gasteiger partial charge in [0, 0.05) is 5.56 Å². The van der Waals surface area contributed by atoms with E-state index in [9.17, 15) is 13.2 Å². The van der Waals surface area contributed by atoms with E-state index in [4.69, 9.17) is 4.74 Å². The zero-order valence-corrected chi connectivity index (χ0v) is 23.3. The minimum atomic E-state index is -4.31. The quantitative estimate of drug-likeness (QED) is 0.265. The average molecular weight is 552 g/mol. The molecule has 3 aromatic carbocycles. The van der Waals surface area contributed by atoms with E-state index in [2.05, 4.69) is 22.5 Å². The number of hydrogen-bond donors (Lipinski definition) is 1. The largest absolute Gasteiger partial charge is 0.495 e. The number of allylic oxidation sites excluding steroid dienone is 2. The molecule has 0 heterocycles. The number of unbranched alkanes of at least 4 members (excludes halogenated alkanes) is 1. The molecule has 0 amide bonds. The first-order valence-electron chi connectivity index (χ1n) is 13.1. The SMILES string of the molecule is CCCCC1CC=C(c2ccc(-c3cccc(S(=O)(=O)Nc4ccc(C(=O)OC)cc4OC)c3F)cc2)CC1. The van der Waals surface area contributed by atoms with Crippen molar-refractivity contribution in [3.8, 4) is 16.9 Å². The van der Waals surface area contributed by atoms with Crippen LogP contribution in [-0.2, 0) is 14.8 Å². The van der Waals surface area contributed by atoms with Crippen molar-refractivity contribution in [3.63, 3.8) is 0 Å². The summed E-state index contributed by atoms with van der Waals surface area (Å²) in [7, 11) is -1.73. The molecule has 0 aromatic heterocycles. The summed E-state index contributed by atoms with van der Waals surface area (Å²) in [5.41, 5.74) is 3.45. The molecule has 206 valence electrons. The Morgan fingerprint density at radius 3 is 2.44 bits per heavy atom.